The van der Waals surface area contributed by atoms with Crippen molar-refractivity contribution in [2.24, 2.45) is 0 Å². The molecule has 0 aromatic heterocycles. The fourth-order valence-electron chi connectivity index (χ4n) is 2.17. The quantitative estimate of drug-likeness (QED) is 0.848. The second-order valence-electron chi connectivity index (χ2n) is 4.09. The summed E-state index contributed by atoms with van der Waals surface area (Å²) < 4.78 is 5.64. The maximum Gasteiger partial charge on any atom is 0.305 e. The van der Waals surface area contributed by atoms with Crippen molar-refractivity contribution in [3.8, 4) is 0 Å². The van der Waals surface area contributed by atoms with Crippen molar-refractivity contribution in [3.05, 3.63) is 35.4 Å². The van der Waals surface area contributed by atoms with E-state index in [9.17, 15) is 4.79 Å². The molecule has 3 heteroatoms. The topological polar surface area (TPSA) is 46.5 Å². The van der Waals surface area contributed by atoms with Crippen molar-refractivity contribution in [3.63, 3.8) is 0 Å². The van der Waals surface area contributed by atoms with E-state index in [0.717, 1.165) is 19.3 Å². The molecular weight excluding hydrogens is 204 g/mol. The lowest BCUT2D eigenvalue weighted by molar-refractivity contribution is -0.138. The van der Waals surface area contributed by atoms with Gasteiger partial charge < -0.3 is 9.84 Å². The highest BCUT2D eigenvalue weighted by Crippen LogP contribution is 2.32. The van der Waals surface area contributed by atoms with Gasteiger partial charge in [-0.3, -0.25) is 4.79 Å². The van der Waals surface area contributed by atoms with Crippen molar-refractivity contribution in [2.45, 2.75) is 31.8 Å². The Hall–Kier alpha value is -1.35. The third-order valence-corrected chi connectivity index (χ3v) is 2.95. The van der Waals surface area contributed by atoms with E-state index in [1.165, 1.54) is 11.1 Å². The Balaban J connectivity index is 1.99. The number of carboxylic acids is 1. The summed E-state index contributed by atoms with van der Waals surface area (Å²) in [5.41, 5.74) is 2.58. The lowest BCUT2D eigenvalue weighted by atomic mass is 9.89. The molecule has 0 radical (unpaired) electrons. The molecule has 0 fully saturated rings. The third-order valence-electron chi connectivity index (χ3n) is 2.95. The maximum absolute atomic E-state index is 10.4. The SMILES string of the molecule is O=C(O)CCOC1CCCc2ccccc21. The van der Waals surface area contributed by atoms with Crippen molar-refractivity contribution in [1.82, 2.24) is 0 Å². The highest BCUT2D eigenvalue weighted by Gasteiger charge is 2.20. The minimum atomic E-state index is -0.802. The molecule has 0 bridgehead atoms. The van der Waals surface area contributed by atoms with Gasteiger partial charge in [0.1, 0.15) is 0 Å². The standard InChI is InChI=1S/C13H16O3/c14-13(15)8-9-16-12-7-3-5-10-4-1-2-6-11(10)12/h1-2,4,6,12H,3,5,7-9H2,(H,14,15). The molecule has 1 aliphatic carbocycles. The van der Waals surface area contributed by atoms with Gasteiger partial charge in [-0.25, -0.2) is 0 Å². The van der Waals surface area contributed by atoms with Crippen molar-refractivity contribution < 1.29 is 14.6 Å². The largest absolute Gasteiger partial charge is 0.481 e. The summed E-state index contributed by atoms with van der Waals surface area (Å²) in [6.07, 6.45) is 3.39. The molecule has 16 heavy (non-hydrogen) atoms. The minimum Gasteiger partial charge on any atom is -0.481 e. The first-order valence-electron chi connectivity index (χ1n) is 5.68. The zero-order valence-corrected chi connectivity index (χ0v) is 9.19. The first-order valence-corrected chi connectivity index (χ1v) is 5.68. The summed E-state index contributed by atoms with van der Waals surface area (Å²) in [7, 11) is 0. The molecule has 0 saturated carbocycles. The third kappa shape index (κ3) is 2.61. The van der Waals surface area contributed by atoms with Gasteiger partial charge in [0.15, 0.2) is 0 Å². The van der Waals surface area contributed by atoms with Crippen LogP contribution in [0.5, 0.6) is 0 Å². The van der Waals surface area contributed by atoms with E-state index in [-0.39, 0.29) is 12.5 Å². The van der Waals surface area contributed by atoms with Gasteiger partial charge >= 0.3 is 5.97 Å². The van der Waals surface area contributed by atoms with Crippen LogP contribution in [0.2, 0.25) is 0 Å². The lowest BCUT2D eigenvalue weighted by Gasteiger charge is -2.25. The van der Waals surface area contributed by atoms with Crippen LogP contribution in [0.1, 0.15) is 36.5 Å². The Labute approximate surface area is 95.0 Å². The number of carboxylic acid groups (broad SMARTS) is 1. The average Bonchev–Trinajstić information content (AvgIpc) is 2.29. The van der Waals surface area contributed by atoms with Crippen LogP contribution in [0.15, 0.2) is 24.3 Å². The number of hydrogen-bond donors (Lipinski definition) is 1. The van der Waals surface area contributed by atoms with Crippen LogP contribution in [-0.4, -0.2) is 17.7 Å². The van der Waals surface area contributed by atoms with Gasteiger partial charge in [0.05, 0.1) is 19.1 Å². The van der Waals surface area contributed by atoms with E-state index >= 15 is 0 Å². The number of rotatable bonds is 4. The van der Waals surface area contributed by atoms with Crippen LogP contribution in [0.25, 0.3) is 0 Å². The Morgan fingerprint density at radius 1 is 1.44 bits per heavy atom. The van der Waals surface area contributed by atoms with Crippen LogP contribution in [0, 0.1) is 0 Å². The molecule has 0 amide bonds. The fraction of sp³-hybridized carbons (Fsp3) is 0.462. The number of fused-ring (bicyclic) bond motifs is 1. The Morgan fingerprint density at radius 3 is 3.06 bits per heavy atom. The molecule has 1 atom stereocenters. The molecule has 1 aromatic carbocycles. The average molecular weight is 220 g/mol. The van der Waals surface area contributed by atoms with E-state index in [1.54, 1.807) is 0 Å². The predicted octanol–water partition coefficient (Wildman–Crippen LogP) is 2.56. The molecule has 0 aliphatic heterocycles. The van der Waals surface area contributed by atoms with Gasteiger partial charge in [-0.15, -0.1) is 0 Å². The molecule has 0 heterocycles. The fourth-order valence-corrected chi connectivity index (χ4v) is 2.17. The molecule has 1 unspecified atom stereocenters. The first kappa shape index (κ1) is 11.1. The van der Waals surface area contributed by atoms with Gasteiger partial charge in [-0.1, -0.05) is 24.3 Å². The molecule has 1 aliphatic rings. The molecule has 1 aromatic rings. The first-order chi connectivity index (χ1) is 7.77. The zero-order valence-electron chi connectivity index (χ0n) is 9.19. The zero-order chi connectivity index (χ0) is 11.4. The highest BCUT2D eigenvalue weighted by atomic mass is 16.5. The number of ether oxygens (including phenoxy) is 1. The predicted molar refractivity (Wildman–Crippen MR) is 60.3 cm³/mol. The van der Waals surface area contributed by atoms with Gasteiger partial charge in [0.2, 0.25) is 0 Å². The van der Waals surface area contributed by atoms with E-state index in [1.807, 2.05) is 12.1 Å². The van der Waals surface area contributed by atoms with Crippen molar-refractivity contribution in [1.29, 1.82) is 0 Å². The molecule has 0 spiro atoms. The summed E-state index contributed by atoms with van der Waals surface area (Å²) in [5.74, 6) is -0.802. The van der Waals surface area contributed by atoms with E-state index in [0.29, 0.717) is 6.61 Å². The smallest absolute Gasteiger partial charge is 0.305 e. The number of hydrogen-bond acceptors (Lipinski definition) is 2. The number of benzene rings is 1. The van der Waals surface area contributed by atoms with Crippen LogP contribution < -0.4 is 0 Å². The molecular formula is C13H16O3. The van der Waals surface area contributed by atoms with Crippen LogP contribution in [-0.2, 0) is 16.0 Å². The normalized spacial score (nSPS) is 19.1. The summed E-state index contributed by atoms with van der Waals surface area (Å²) in [6, 6.07) is 8.26. The summed E-state index contributed by atoms with van der Waals surface area (Å²) >= 11 is 0. The van der Waals surface area contributed by atoms with E-state index in [2.05, 4.69) is 12.1 Å². The molecule has 86 valence electrons. The molecule has 3 nitrogen and oxygen atoms in total. The summed E-state index contributed by atoms with van der Waals surface area (Å²) in [5, 5.41) is 8.56. The summed E-state index contributed by atoms with van der Waals surface area (Å²) in [6.45, 7) is 0.300. The van der Waals surface area contributed by atoms with Gasteiger partial charge in [0, 0.05) is 0 Å². The maximum atomic E-state index is 10.4. The second-order valence-corrected chi connectivity index (χ2v) is 4.09. The monoisotopic (exact) mass is 220 g/mol. The van der Waals surface area contributed by atoms with Crippen molar-refractivity contribution in [2.75, 3.05) is 6.61 Å². The Bertz CT molecular complexity index is 373. The van der Waals surface area contributed by atoms with E-state index < -0.39 is 5.97 Å². The van der Waals surface area contributed by atoms with Gasteiger partial charge in [-0.2, -0.15) is 0 Å². The highest BCUT2D eigenvalue weighted by molar-refractivity contribution is 5.66. The van der Waals surface area contributed by atoms with Crippen molar-refractivity contribution >= 4 is 5.97 Å². The lowest BCUT2D eigenvalue weighted by Crippen LogP contribution is -2.14. The number of aliphatic carboxylic acids is 1. The van der Waals surface area contributed by atoms with Crippen LogP contribution in [0.4, 0.5) is 0 Å². The summed E-state index contributed by atoms with van der Waals surface area (Å²) in [4.78, 5) is 10.4. The second kappa shape index (κ2) is 5.12. The molecule has 0 saturated heterocycles. The van der Waals surface area contributed by atoms with Gasteiger partial charge in [0.25, 0.3) is 0 Å². The molecule has 1 N–H and O–H groups in total. The van der Waals surface area contributed by atoms with Gasteiger partial charge in [-0.05, 0) is 30.4 Å². The number of aryl methyl sites for hydroxylation is 1. The van der Waals surface area contributed by atoms with Crippen LogP contribution >= 0.6 is 0 Å². The van der Waals surface area contributed by atoms with Crippen LogP contribution in [0.3, 0.4) is 0 Å². The minimum absolute atomic E-state index is 0.0820. The Kier molecular flexibility index (Phi) is 3.57. The Morgan fingerprint density at radius 2 is 2.25 bits per heavy atom. The number of carbonyl (C=O) groups is 1. The molecule has 2 rings (SSSR count). The van der Waals surface area contributed by atoms with E-state index in [4.69, 9.17) is 9.84 Å².